The number of carbonyl (C=O) groups excluding carboxylic acids is 2. The van der Waals surface area contributed by atoms with Crippen molar-refractivity contribution in [2.45, 2.75) is 30.6 Å². The molecule has 34 heavy (non-hydrogen) atoms. The first-order valence-electron chi connectivity index (χ1n) is 10.5. The first-order valence-corrected chi connectivity index (χ1v) is 12.3. The SMILES string of the molecule is Cc1cccc(NC(=O)CCSc2nnc(NC(=O)CCn3cnc4ccccc4c3=O)s2)c1. The second-order valence-electron chi connectivity index (χ2n) is 7.45. The van der Waals surface area contributed by atoms with Crippen molar-refractivity contribution in [3.63, 3.8) is 0 Å². The van der Waals surface area contributed by atoms with E-state index >= 15 is 0 Å². The molecule has 4 rings (SSSR count). The molecule has 11 heteroatoms. The molecule has 0 fully saturated rings. The van der Waals surface area contributed by atoms with Gasteiger partial charge in [0.1, 0.15) is 0 Å². The minimum atomic E-state index is -0.273. The summed E-state index contributed by atoms with van der Waals surface area (Å²) in [5.74, 6) is 0.192. The number of rotatable bonds is 9. The monoisotopic (exact) mass is 494 g/mol. The number of aromatic nitrogens is 4. The number of carbonyl (C=O) groups is 2. The molecule has 0 unspecified atom stereocenters. The van der Waals surface area contributed by atoms with Crippen LogP contribution in [0.15, 0.2) is 64.0 Å². The summed E-state index contributed by atoms with van der Waals surface area (Å²) in [6.07, 6.45) is 1.88. The quantitative estimate of drug-likeness (QED) is 0.269. The fourth-order valence-corrected chi connectivity index (χ4v) is 4.94. The molecular formula is C23H22N6O3S2. The van der Waals surface area contributed by atoms with E-state index in [-0.39, 0.29) is 30.3 Å². The van der Waals surface area contributed by atoms with E-state index in [9.17, 15) is 14.4 Å². The number of benzene rings is 2. The van der Waals surface area contributed by atoms with E-state index < -0.39 is 0 Å². The first kappa shape index (κ1) is 23.6. The third-order valence-electron chi connectivity index (χ3n) is 4.82. The minimum Gasteiger partial charge on any atom is -0.326 e. The van der Waals surface area contributed by atoms with Crippen molar-refractivity contribution in [3.05, 3.63) is 70.8 Å². The molecule has 4 aromatic rings. The molecule has 2 amide bonds. The fraction of sp³-hybridized carbons (Fsp3) is 0.217. The Labute approximate surface area is 203 Å². The molecular weight excluding hydrogens is 472 g/mol. The van der Waals surface area contributed by atoms with Gasteiger partial charge in [-0.15, -0.1) is 10.2 Å². The summed E-state index contributed by atoms with van der Waals surface area (Å²) in [7, 11) is 0. The summed E-state index contributed by atoms with van der Waals surface area (Å²) >= 11 is 2.64. The highest BCUT2D eigenvalue weighted by molar-refractivity contribution is 8.01. The number of nitrogens with zero attached hydrogens (tertiary/aromatic N) is 4. The Morgan fingerprint density at radius 1 is 1.03 bits per heavy atom. The lowest BCUT2D eigenvalue weighted by molar-refractivity contribution is -0.117. The normalized spacial score (nSPS) is 10.9. The zero-order valence-electron chi connectivity index (χ0n) is 18.4. The summed E-state index contributed by atoms with van der Waals surface area (Å²) in [6, 6.07) is 14.7. The molecule has 0 bridgehead atoms. The summed E-state index contributed by atoms with van der Waals surface area (Å²) in [6.45, 7) is 2.18. The Hall–Kier alpha value is -3.57. The third-order valence-corrected chi connectivity index (χ3v) is 6.79. The predicted octanol–water partition coefficient (Wildman–Crippen LogP) is 3.71. The molecule has 0 aliphatic heterocycles. The molecule has 2 aromatic carbocycles. The number of hydrogen-bond acceptors (Lipinski definition) is 8. The molecule has 0 atom stereocenters. The summed E-state index contributed by atoms with van der Waals surface area (Å²) in [5.41, 5.74) is 2.30. The Morgan fingerprint density at radius 2 is 1.85 bits per heavy atom. The van der Waals surface area contributed by atoms with Gasteiger partial charge in [-0.3, -0.25) is 19.0 Å². The van der Waals surface area contributed by atoms with E-state index in [1.54, 1.807) is 18.2 Å². The Bertz CT molecular complexity index is 1380. The molecule has 2 aromatic heterocycles. The number of aryl methyl sites for hydroxylation is 2. The number of thioether (sulfide) groups is 1. The van der Waals surface area contributed by atoms with Gasteiger partial charge < -0.3 is 10.6 Å². The Kier molecular flexibility index (Phi) is 7.65. The molecule has 0 saturated carbocycles. The molecule has 0 saturated heterocycles. The van der Waals surface area contributed by atoms with Crippen molar-refractivity contribution in [1.29, 1.82) is 0 Å². The molecule has 2 heterocycles. The number of hydrogen-bond donors (Lipinski definition) is 2. The van der Waals surface area contributed by atoms with Crippen molar-refractivity contribution in [2.24, 2.45) is 0 Å². The van der Waals surface area contributed by atoms with Gasteiger partial charge in [-0.1, -0.05) is 47.4 Å². The van der Waals surface area contributed by atoms with Gasteiger partial charge in [0.15, 0.2) is 4.34 Å². The number of anilines is 2. The van der Waals surface area contributed by atoms with Crippen LogP contribution in [0.3, 0.4) is 0 Å². The summed E-state index contributed by atoms with van der Waals surface area (Å²) in [4.78, 5) is 41.2. The van der Waals surface area contributed by atoms with Gasteiger partial charge in [-0.25, -0.2) is 4.98 Å². The number of para-hydroxylation sites is 1. The fourth-order valence-electron chi connectivity index (χ4n) is 3.17. The maximum Gasteiger partial charge on any atom is 0.261 e. The predicted molar refractivity (Wildman–Crippen MR) is 134 cm³/mol. The van der Waals surface area contributed by atoms with Crippen molar-refractivity contribution < 1.29 is 9.59 Å². The second-order valence-corrected chi connectivity index (χ2v) is 9.77. The van der Waals surface area contributed by atoms with Gasteiger partial charge >= 0.3 is 0 Å². The molecule has 174 valence electrons. The minimum absolute atomic E-state index is 0.0745. The highest BCUT2D eigenvalue weighted by atomic mass is 32.2. The highest BCUT2D eigenvalue weighted by Crippen LogP contribution is 2.26. The van der Waals surface area contributed by atoms with Crippen LogP contribution in [0.5, 0.6) is 0 Å². The number of amides is 2. The van der Waals surface area contributed by atoms with E-state index in [1.165, 1.54) is 34.0 Å². The van der Waals surface area contributed by atoms with Gasteiger partial charge in [-0.05, 0) is 36.8 Å². The zero-order valence-corrected chi connectivity index (χ0v) is 20.0. The van der Waals surface area contributed by atoms with Crippen LogP contribution in [0.4, 0.5) is 10.8 Å². The largest absolute Gasteiger partial charge is 0.326 e. The average Bonchev–Trinajstić information content (AvgIpc) is 3.26. The highest BCUT2D eigenvalue weighted by Gasteiger charge is 2.11. The van der Waals surface area contributed by atoms with Crippen LogP contribution in [0.25, 0.3) is 10.9 Å². The summed E-state index contributed by atoms with van der Waals surface area (Å²) < 4.78 is 2.08. The van der Waals surface area contributed by atoms with E-state index in [0.717, 1.165) is 11.3 Å². The van der Waals surface area contributed by atoms with Crippen molar-refractivity contribution in [1.82, 2.24) is 19.7 Å². The van der Waals surface area contributed by atoms with E-state index in [1.807, 2.05) is 37.3 Å². The molecule has 0 aliphatic carbocycles. The van der Waals surface area contributed by atoms with Crippen molar-refractivity contribution >= 4 is 56.6 Å². The lowest BCUT2D eigenvalue weighted by atomic mass is 10.2. The van der Waals surface area contributed by atoms with Crippen LogP contribution < -0.4 is 16.2 Å². The average molecular weight is 495 g/mol. The standard InChI is InChI=1S/C23H22N6O3S2/c1-15-5-4-6-16(13-15)25-20(31)10-12-33-23-28-27-22(34-23)26-19(30)9-11-29-14-24-18-8-3-2-7-17(18)21(29)32/h2-8,13-14H,9-12H2,1H3,(H,25,31)(H,26,27,30). The molecule has 0 aliphatic rings. The molecule has 2 N–H and O–H groups in total. The van der Waals surface area contributed by atoms with Crippen molar-refractivity contribution in [3.8, 4) is 0 Å². The van der Waals surface area contributed by atoms with Crippen LogP contribution in [0.2, 0.25) is 0 Å². The summed E-state index contributed by atoms with van der Waals surface area (Å²) in [5, 5.41) is 14.5. The molecule has 9 nitrogen and oxygen atoms in total. The lowest BCUT2D eigenvalue weighted by Crippen LogP contribution is -2.23. The van der Waals surface area contributed by atoms with Gasteiger partial charge in [0.2, 0.25) is 16.9 Å². The van der Waals surface area contributed by atoms with Gasteiger partial charge in [0.05, 0.1) is 17.2 Å². The first-order chi connectivity index (χ1) is 16.5. The van der Waals surface area contributed by atoms with Gasteiger partial charge in [0, 0.05) is 30.8 Å². The Morgan fingerprint density at radius 3 is 2.71 bits per heavy atom. The molecule has 0 spiro atoms. The van der Waals surface area contributed by atoms with E-state index in [2.05, 4.69) is 25.8 Å². The third kappa shape index (κ3) is 6.27. The van der Waals surface area contributed by atoms with Crippen LogP contribution in [-0.4, -0.2) is 37.3 Å². The Balaban J connectivity index is 1.22. The topological polar surface area (TPSA) is 119 Å². The lowest BCUT2D eigenvalue weighted by Gasteiger charge is -2.06. The number of fused-ring (bicyclic) bond motifs is 1. The van der Waals surface area contributed by atoms with E-state index in [4.69, 9.17) is 0 Å². The second kappa shape index (κ2) is 11.0. The van der Waals surface area contributed by atoms with Crippen LogP contribution in [-0.2, 0) is 16.1 Å². The van der Waals surface area contributed by atoms with Gasteiger partial charge in [0.25, 0.3) is 5.56 Å². The van der Waals surface area contributed by atoms with Crippen LogP contribution in [0, 0.1) is 6.92 Å². The smallest absolute Gasteiger partial charge is 0.261 e. The van der Waals surface area contributed by atoms with Crippen LogP contribution >= 0.6 is 23.1 Å². The van der Waals surface area contributed by atoms with E-state index in [0.29, 0.717) is 32.5 Å². The van der Waals surface area contributed by atoms with Crippen molar-refractivity contribution in [2.75, 3.05) is 16.4 Å². The van der Waals surface area contributed by atoms with Crippen LogP contribution in [0.1, 0.15) is 18.4 Å². The maximum atomic E-state index is 12.5. The number of nitrogens with one attached hydrogen (secondary N) is 2. The maximum absolute atomic E-state index is 12.5. The zero-order chi connectivity index (χ0) is 23.9. The molecule has 0 radical (unpaired) electrons. The van der Waals surface area contributed by atoms with Gasteiger partial charge in [-0.2, -0.15) is 0 Å².